The van der Waals surface area contributed by atoms with Crippen molar-refractivity contribution in [1.29, 1.82) is 0 Å². The number of carbonyl (C=O) groups excluding carboxylic acids is 3. The highest BCUT2D eigenvalue weighted by Gasteiger charge is 2.50. The molecule has 0 bridgehead atoms. The van der Waals surface area contributed by atoms with E-state index in [-0.39, 0.29) is 12.5 Å². The van der Waals surface area contributed by atoms with Crippen LogP contribution in [0.3, 0.4) is 0 Å². The molecule has 30 heavy (non-hydrogen) atoms. The fraction of sp³-hybridized carbons (Fsp3) is 0.348. The predicted molar refractivity (Wildman–Crippen MR) is 114 cm³/mol. The van der Waals surface area contributed by atoms with Crippen LogP contribution < -0.4 is 15.4 Å². The Labute approximate surface area is 176 Å². The molecule has 0 unspecified atom stereocenters. The maximum atomic E-state index is 13.0. The van der Waals surface area contributed by atoms with Crippen molar-refractivity contribution in [3.8, 4) is 11.5 Å². The monoisotopic (exact) mass is 409 g/mol. The van der Waals surface area contributed by atoms with E-state index in [9.17, 15) is 14.4 Å². The number of anilines is 1. The van der Waals surface area contributed by atoms with Crippen molar-refractivity contribution in [3.63, 3.8) is 0 Å². The molecule has 1 fully saturated rings. The highest BCUT2D eigenvalue weighted by molar-refractivity contribution is 6.10. The standard InChI is InChI=1S/C23H27N3O4/c1-3-14-23(15-4-2)21(28)26(22(29)25-23)16-20(27)24-18-12-8-9-13-19(18)30-17-10-6-5-7-11-17/h5-13H,3-4,14-16H2,1-2H3,(H,24,27)(H,25,29). The van der Waals surface area contributed by atoms with Crippen LogP contribution in [0.4, 0.5) is 10.5 Å². The van der Waals surface area contributed by atoms with Gasteiger partial charge in [-0.15, -0.1) is 0 Å². The third kappa shape index (κ3) is 4.62. The van der Waals surface area contributed by atoms with Crippen LogP contribution in [0.1, 0.15) is 39.5 Å². The maximum Gasteiger partial charge on any atom is 0.325 e. The minimum atomic E-state index is -0.908. The molecule has 0 radical (unpaired) electrons. The van der Waals surface area contributed by atoms with Gasteiger partial charge in [-0.3, -0.25) is 14.5 Å². The van der Waals surface area contributed by atoms with Gasteiger partial charge in [0, 0.05) is 0 Å². The van der Waals surface area contributed by atoms with Gasteiger partial charge in [0.05, 0.1) is 5.69 Å². The van der Waals surface area contributed by atoms with Gasteiger partial charge in [-0.2, -0.15) is 0 Å². The number of amides is 4. The Hall–Kier alpha value is -3.35. The predicted octanol–water partition coefficient (Wildman–Crippen LogP) is 4.31. The molecule has 3 rings (SSSR count). The van der Waals surface area contributed by atoms with Crippen molar-refractivity contribution in [2.45, 2.75) is 45.1 Å². The SMILES string of the molecule is CCCC1(CCC)NC(=O)N(CC(=O)Nc2ccccc2Oc2ccccc2)C1=O. The van der Waals surface area contributed by atoms with Crippen LogP contribution in [0, 0.1) is 0 Å². The number of ether oxygens (including phenoxy) is 1. The normalized spacial score (nSPS) is 15.1. The van der Waals surface area contributed by atoms with Gasteiger partial charge in [0.25, 0.3) is 5.91 Å². The highest BCUT2D eigenvalue weighted by atomic mass is 16.5. The zero-order valence-electron chi connectivity index (χ0n) is 17.3. The molecule has 0 atom stereocenters. The second-order valence-electron chi connectivity index (χ2n) is 7.36. The first-order valence-electron chi connectivity index (χ1n) is 10.2. The van der Waals surface area contributed by atoms with Crippen molar-refractivity contribution in [1.82, 2.24) is 10.2 Å². The quantitative estimate of drug-likeness (QED) is 0.604. The summed E-state index contributed by atoms with van der Waals surface area (Å²) in [6, 6.07) is 15.7. The number of hydrogen-bond donors (Lipinski definition) is 2. The molecule has 1 saturated heterocycles. The van der Waals surface area contributed by atoms with E-state index in [4.69, 9.17) is 4.74 Å². The molecule has 1 heterocycles. The molecule has 1 aliphatic heterocycles. The summed E-state index contributed by atoms with van der Waals surface area (Å²) in [7, 11) is 0. The minimum Gasteiger partial charge on any atom is -0.455 e. The third-order valence-electron chi connectivity index (χ3n) is 5.03. The second-order valence-corrected chi connectivity index (χ2v) is 7.36. The number of rotatable bonds is 9. The Morgan fingerprint density at radius 1 is 1.00 bits per heavy atom. The average Bonchev–Trinajstić information content (AvgIpc) is 2.95. The van der Waals surface area contributed by atoms with Gasteiger partial charge < -0.3 is 15.4 Å². The summed E-state index contributed by atoms with van der Waals surface area (Å²) in [5.74, 6) is 0.310. The summed E-state index contributed by atoms with van der Waals surface area (Å²) in [4.78, 5) is 39.0. The molecule has 0 spiro atoms. The molecule has 7 nitrogen and oxygen atoms in total. The smallest absolute Gasteiger partial charge is 0.325 e. The molecule has 0 aliphatic carbocycles. The minimum absolute atomic E-state index is 0.333. The van der Waals surface area contributed by atoms with Crippen LogP contribution in [-0.4, -0.2) is 34.8 Å². The number of para-hydroxylation sites is 3. The van der Waals surface area contributed by atoms with Gasteiger partial charge in [0.1, 0.15) is 17.8 Å². The van der Waals surface area contributed by atoms with Crippen molar-refractivity contribution < 1.29 is 19.1 Å². The first-order valence-corrected chi connectivity index (χ1v) is 10.2. The third-order valence-corrected chi connectivity index (χ3v) is 5.03. The van der Waals surface area contributed by atoms with E-state index in [2.05, 4.69) is 10.6 Å². The molecule has 0 saturated carbocycles. The lowest BCUT2D eigenvalue weighted by atomic mass is 9.88. The molecular formula is C23H27N3O4. The summed E-state index contributed by atoms with van der Waals surface area (Å²) in [6.45, 7) is 3.59. The number of carbonyl (C=O) groups is 3. The van der Waals surface area contributed by atoms with E-state index in [1.54, 1.807) is 24.3 Å². The number of urea groups is 1. The van der Waals surface area contributed by atoms with Crippen molar-refractivity contribution in [3.05, 3.63) is 54.6 Å². The van der Waals surface area contributed by atoms with Crippen LogP contribution in [0.2, 0.25) is 0 Å². The van der Waals surface area contributed by atoms with E-state index >= 15 is 0 Å². The largest absolute Gasteiger partial charge is 0.455 e. The highest BCUT2D eigenvalue weighted by Crippen LogP contribution is 2.30. The van der Waals surface area contributed by atoms with E-state index in [1.165, 1.54) is 0 Å². The zero-order chi connectivity index (χ0) is 21.6. The van der Waals surface area contributed by atoms with Crippen LogP contribution >= 0.6 is 0 Å². The summed E-state index contributed by atoms with van der Waals surface area (Å²) < 4.78 is 5.85. The summed E-state index contributed by atoms with van der Waals surface area (Å²) >= 11 is 0. The molecule has 2 N–H and O–H groups in total. The van der Waals surface area contributed by atoms with Gasteiger partial charge in [-0.25, -0.2) is 4.79 Å². The number of benzene rings is 2. The van der Waals surface area contributed by atoms with Crippen LogP contribution in [0.15, 0.2) is 54.6 Å². The molecule has 4 amide bonds. The Morgan fingerprint density at radius 2 is 1.63 bits per heavy atom. The summed E-state index contributed by atoms with van der Waals surface area (Å²) in [6.07, 6.45) is 2.63. The Balaban J connectivity index is 1.70. The molecule has 2 aromatic carbocycles. The Bertz CT molecular complexity index is 908. The van der Waals surface area contributed by atoms with E-state index in [1.807, 2.05) is 44.2 Å². The van der Waals surface area contributed by atoms with Gasteiger partial charge in [0.15, 0.2) is 5.75 Å². The Kier molecular flexibility index (Phi) is 6.72. The maximum absolute atomic E-state index is 13.0. The molecule has 2 aromatic rings. The molecule has 7 heteroatoms. The van der Waals surface area contributed by atoms with E-state index in [0.717, 1.165) is 17.7 Å². The molecule has 0 aromatic heterocycles. The lowest BCUT2D eigenvalue weighted by molar-refractivity contribution is -0.134. The molecular weight excluding hydrogens is 382 g/mol. The van der Waals surface area contributed by atoms with E-state index in [0.29, 0.717) is 30.0 Å². The topological polar surface area (TPSA) is 87.7 Å². The van der Waals surface area contributed by atoms with Crippen molar-refractivity contribution in [2.75, 3.05) is 11.9 Å². The van der Waals surface area contributed by atoms with Crippen molar-refractivity contribution in [2.24, 2.45) is 0 Å². The number of nitrogens with one attached hydrogen (secondary N) is 2. The first kappa shape index (κ1) is 21.4. The van der Waals surface area contributed by atoms with Gasteiger partial charge in [0.2, 0.25) is 5.91 Å². The Morgan fingerprint density at radius 3 is 2.30 bits per heavy atom. The summed E-state index contributed by atoms with van der Waals surface area (Å²) in [5.41, 5.74) is -0.443. The number of imide groups is 1. The van der Waals surface area contributed by atoms with Gasteiger partial charge in [-0.05, 0) is 37.1 Å². The fourth-order valence-corrected chi connectivity index (χ4v) is 3.74. The number of nitrogens with zero attached hydrogens (tertiary/aromatic N) is 1. The summed E-state index contributed by atoms with van der Waals surface area (Å²) in [5, 5.41) is 5.57. The average molecular weight is 409 g/mol. The van der Waals surface area contributed by atoms with Gasteiger partial charge in [-0.1, -0.05) is 57.0 Å². The molecule has 1 aliphatic rings. The fourth-order valence-electron chi connectivity index (χ4n) is 3.74. The first-order chi connectivity index (χ1) is 14.5. The van der Waals surface area contributed by atoms with Crippen LogP contribution in [0.25, 0.3) is 0 Å². The van der Waals surface area contributed by atoms with E-state index < -0.39 is 17.5 Å². The number of hydrogen-bond acceptors (Lipinski definition) is 4. The van der Waals surface area contributed by atoms with Crippen LogP contribution in [0.5, 0.6) is 11.5 Å². The molecule has 158 valence electrons. The zero-order valence-corrected chi connectivity index (χ0v) is 17.3. The lowest BCUT2D eigenvalue weighted by Crippen LogP contribution is -2.47. The second kappa shape index (κ2) is 9.43. The van der Waals surface area contributed by atoms with Crippen molar-refractivity contribution >= 4 is 23.5 Å². The van der Waals surface area contributed by atoms with Crippen LogP contribution in [-0.2, 0) is 9.59 Å². The van der Waals surface area contributed by atoms with Gasteiger partial charge >= 0.3 is 6.03 Å². The lowest BCUT2D eigenvalue weighted by Gasteiger charge is -2.25.